The SMILES string of the molecule is CC(C)O[C@H]1[C@H](O[C@@H]2OC=C3C(=O)O[C@@H]4CC[C@@H](CO)[C@@H]4CSS[C@H]4[C@H](CO)N5C=C(C(=O)O)C(NC(N)=NCCCO)=C(/C=C6\C#C[C@]4(C[C@H]4CCN=C(N)N4)SSC/C=C/[C@@H]2[C@@H]36)C5)O[C@H](CO)[C@@H](O)C1(O)O. The van der Waals surface area contributed by atoms with Gasteiger partial charge in [-0.25, -0.2) is 9.59 Å². The molecular weight excluding hydrogens is 1040 g/mol. The van der Waals surface area contributed by atoms with Crippen molar-refractivity contribution >= 4 is 67.0 Å². The average Bonchev–Trinajstić information content (AvgIpc) is 3.73. The Morgan fingerprint density at radius 3 is 2.66 bits per heavy atom. The van der Waals surface area contributed by atoms with Gasteiger partial charge in [0.15, 0.2) is 24.3 Å². The molecule has 8 rings (SSSR count). The Kier molecular flexibility index (Phi) is 18.9. The average molecular weight is 1110 g/mol. The molecule has 1 saturated carbocycles. The highest BCUT2D eigenvalue weighted by Crippen LogP contribution is 2.54. The maximum Gasteiger partial charge on any atom is 0.339 e. The molecule has 14 N–H and O–H groups in total. The van der Waals surface area contributed by atoms with Crippen molar-refractivity contribution < 1.29 is 74.1 Å². The molecule has 0 aromatic carbocycles. The molecular formula is C48H67N7O15S4. The number of fused-ring (bicyclic) bond motifs is 3. The molecule has 8 aliphatic rings. The van der Waals surface area contributed by atoms with Gasteiger partial charge in [0.25, 0.3) is 0 Å². The summed E-state index contributed by atoms with van der Waals surface area (Å²) in [5.41, 5.74) is 13.2. The molecule has 14 atom stereocenters. The van der Waals surface area contributed by atoms with Crippen LogP contribution in [-0.4, -0.2) is 198 Å². The monoisotopic (exact) mass is 1110 g/mol. The number of nitrogens with one attached hydrogen (secondary N) is 2. The van der Waals surface area contributed by atoms with Crippen LogP contribution in [-0.2, 0) is 33.3 Å². The highest BCUT2D eigenvalue weighted by atomic mass is 33.1. The lowest BCUT2D eigenvalue weighted by Gasteiger charge is -2.48. The lowest BCUT2D eigenvalue weighted by Crippen LogP contribution is -2.69. The molecule has 1 saturated heterocycles. The van der Waals surface area contributed by atoms with Gasteiger partial charge in [-0.3, -0.25) is 9.98 Å². The maximum atomic E-state index is 15.1. The Bertz CT molecular complexity index is 2360. The van der Waals surface area contributed by atoms with Crippen LogP contribution in [0.4, 0.5) is 0 Å². The van der Waals surface area contributed by atoms with Gasteiger partial charge in [0.05, 0.1) is 59.6 Å². The standard InChI is InChI=1S/C48H67N7O15S4/c1-24(2)67-39-44(69-35(21-59)38(60)48(39,64)65)70-43-29-5-3-14-71-74-47(16-28-9-12-52-45(49)53-28)10-8-25-15-27-17-55(18-30(41(61)62)37(27)54-46(50)51-11-4-13-56)33(20-58)40(47)73-72-23-32-26(19-57)6-7-34(32)68-42(63)31(22-66-43)36(25)29/h3,5,15,18,22,24,26,28-29,32-36,38-40,43-44,56-60,64-65H,4,6-7,9,11-14,16-17,19-21,23H2,1-2H3,(H,61,62)(H3,49,52,53)(H3,50,51,54)/b5-3+,25-15+/t26-,28+,29+,32-,33-,34+,35+,36-,38+,39-,40-,43-,44-,47+/m0/s1. The van der Waals surface area contributed by atoms with Crippen molar-refractivity contribution in [2.45, 2.75) is 117 Å². The number of carboxylic acid groups (broad SMARTS) is 1. The van der Waals surface area contributed by atoms with E-state index < -0.39 is 102 Å². The molecule has 0 unspecified atom stereocenters. The Morgan fingerprint density at radius 1 is 1.14 bits per heavy atom. The summed E-state index contributed by atoms with van der Waals surface area (Å²) in [6, 6.07) is -1.02. The maximum absolute atomic E-state index is 15.1. The highest BCUT2D eigenvalue weighted by molar-refractivity contribution is 8.79. The molecule has 408 valence electrons. The van der Waals surface area contributed by atoms with E-state index in [9.17, 15) is 45.6 Å². The van der Waals surface area contributed by atoms with E-state index in [0.29, 0.717) is 49.3 Å². The first-order valence-electron chi connectivity index (χ1n) is 24.7. The van der Waals surface area contributed by atoms with Gasteiger partial charge < -0.3 is 91.5 Å². The lowest BCUT2D eigenvalue weighted by atomic mass is 9.76. The summed E-state index contributed by atoms with van der Waals surface area (Å²) < 4.78 is 30.3. The molecule has 7 aliphatic heterocycles. The number of nitrogens with zero attached hydrogens (tertiary/aromatic N) is 3. The zero-order valence-corrected chi connectivity index (χ0v) is 44.2. The third kappa shape index (κ3) is 12.2. The number of carboxylic acids is 1. The van der Waals surface area contributed by atoms with Crippen molar-refractivity contribution in [3.05, 3.63) is 58.7 Å². The Labute approximate surface area is 444 Å². The quantitative estimate of drug-likeness (QED) is 0.0154. The number of allylic oxidation sites excluding steroid dienone is 1. The summed E-state index contributed by atoms with van der Waals surface area (Å²) in [7, 11) is 6.04. The Morgan fingerprint density at radius 2 is 1.95 bits per heavy atom. The zero-order valence-electron chi connectivity index (χ0n) is 40.9. The lowest BCUT2D eigenvalue weighted by molar-refractivity contribution is -0.413. The van der Waals surface area contributed by atoms with Crippen LogP contribution in [0.5, 0.6) is 0 Å². The summed E-state index contributed by atoms with van der Waals surface area (Å²) >= 11 is 0. The predicted octanol–water partition coefficient (Wildman–Crippen LogP) is -0.392. The van der Waals surface area contributed by atoms with E-state index in [-0.39, 0.29) is 84.9 Å². The minimum atomic E-state index is -3.00. The van der Waals surface area contributed by atoms with Gasteiger partial charge in [-0.05, 0) is 63.5 Å². The third-order valence-corrected chi connectivity index (χ3v) is 20.4. The van der Waals surface area contributed by atoms with Crippen LogP contribution in [0.25, 0.3) is 0 Å². The van der Waals surface area contributed by atoms with E-state index >= 15 is 4.79 Å². The fourth-order valence-corrected chi connectivity index (χ4v) is 17.6. The van der Waals surface area contributed by atoms with E-state index in [2.05, 4.69) is 32.5 Å². The number of ether oxygens (including phenoxy) is 5. The molecule has 7 heterocycles. The minimum Gasteiger partial charge on any atom is -0.478 e. The normalized spacial score (nSPS) is 37.3. The smallest absolute Gasteiger partial charge is 0.339 e. The Hall–Kier alpha value is -3.66. The molecule has 0 amide bonds. The van der Waals surface area contributed by atoms with Gasteiger partial charge in [0.2, 0.25) is 12.1 Å². The van der Waals surface area contributed by atoms with Crippen LogP contribution in [0.2, 0.25) is 0 Å². The van der Waals surface area contributed by atoms with Crippen LogP contribution in [0.3, 0.4) is 0 Å². The summed E-state index contributed by atoms with van der Waals surface area (Å²) in [5, 5.41) is 92.8. The fraction of sp³-hybridized carbons (Fsp3) is 0.667. The highest BCUT2D eigenvalue weighted by Gasteiger charge is 2.58. The van der Waals surface area contributed by atoms with Gasteiger partial charge in [-0.2, -0.15) is 0 Å². The largest absolute Gasteiger partial charge is 0.478 e. The van der Waals surface area contributed by atoms with Gasteiger partial charge in [-0.15, -0.1) is 0 Å². The number of rotatable bonds is 14. The van der Waals surface area contributed by atoms with E-state index in [1.54, 1.807) is 30.9 Å². The van der Waals surface area contributed by atoms with Crippen LogP contribution in [0.15, 0.2) is 68.7 Å². The molecule has 0 aromatic heterocycles. The van der Waals surface area contributed by atoms with Crippen LogP contribution in [0, 0.1) is 35.5 Å². The third-order valence-electron chi connectivity index (χ3n) is 14.3. The first-order chi connectivity index (χ1) is 35.5. The molecule has 22 nitrogen and oxygen atoms in total. The van der Waals surface area contributed by atoms with Crippen molar-refractivity contribution in [3.8, 4) is 11.8 Å². The number of guanidine groups is 2. The van der Waals surface area contributed by atoms with E-state index in [1.807, 2.05) is 6.08 Å². The van der Waals surface area contributed by atoms with Crippen molar-refractivity contribution in [1.82, 2.24) is 15.5 Å². The second-order valence-corrected chi connectivity index (χ2v) is 24.8. The second kappa shape index (κ2) is 24.8. The molecule has 1 aliphatic carbocycles. The van der Waals surface area contributed by atoms with Gasteiger partial charge in [-0.1, -0.05) is 67.2 Å². The van der Waals surface area contributed by atoms with Crippen molar-refractivity contribution in [2.24, 2.45) is 45.1 Å². The number of esters is 1. The molecule has 74 heavy (non-hydrogen) atoms. The molecule has 2 fully saturated rings. The predicted molar refractivity (Wildman–Crippen MR) is 279 cm³/mol. The van der Waals surface area contributed by atoms with Gasteiger partial charge in [0, 0.05) is 74.0 Å². The van der Waals surface area contributed by atoms with E-state index in [4.69, 9.17) is 35.2 Å². The number of aliphatic imine (C=N–C) groups is 2. The van der Waals surface area contributed by atoms with Crippen LogP contribution >= 0.6 is 43.2 Å². The number of carbonyl (C=O) groups is 2. The van der Waals surface area contributed by atoms with Gasteiger partial charge >= 0.3 is 11.9 Å². The number of hydrogen-bond donors (Lipinski definition) is 12. The van der Waals surface area contributed by atoms with Crippen molar-refractivity contribution in [2.75, 3.05) is 57.6 Å². The van der Waals surface area contributed by atoms with Gasteiger partial charge in [0.1, 0.15) is 23.1 Å². The Balaban J connectivity index is 1.40. The molecule has 0 aromatic rings. The summed E-state index contributed by atoms with van der Waals surface area (Å²) in [5.74, 6) is 0.479. The first kappa shape index (κ1) is 56.5. The molecule has 6 bridgehead atoms. The number of aliphatic hydroxyl groups excluding tert-OH is 5. The molecule has 0 spiro atoms. The van der Waals surface area contributed by atoms with Crippen molar-refractivity contribution in [1.29, 1.82) is 0 Å². The summed E-state index contributed by atoms with van der Waals surface area (Å²) in [4.78, 5) is 39.3. The number of hydrogen-bond acceptors (Lipinski definition) is 23. The van der Waals surface area contributed by atoms with Crippen molar-refractivity contribution in [3.63, 3.8) is 0 Å². The number of aliphatic carboxylic acids is 1. The van der Waals surface area contributed by atoms with Crippen LogP contribution < -0.4 is 22.1 Å². The first-order valence-corrected chi connectivity index (χ1v) is 29.4. The second-order valence-electron chi connectivity index (χ2n) is 19.5. The molecule has 0 radical (unpaired) electrons. The fourth-order valence-electron chi connectivity index (χ4n) is 10.6. The summed E-state index contributed by atoms with van der Waals surface area (Å²) in [6.45, 7) is 2.29. The van der Waals surface area contributed by atoms with Crippen LogP contribution in [0.1, 0.15) is 46.0 Å². The van der Waals surface area contributed by atoms with E-state index in [1.165, 1.54) is 55.6 Å². The number of nitrogens with two attached hydrogens (primary N) is 2. The zero-order chi connectivity index (χ0) is 52.9. The number of aliphatic hydroxyl groups is 7. The van der Waals surface area contributed by atoms with E-state index in [0.717, 1.165) is 0 Å². The molecule has 26 heteroatoms. The topological polar surface area (TPSA) is 346 Å². The minimum absolute atomic E-state index is 0.00906. The summed E-state index contributed by atoms with van der Waals surface area (Å²) in [6.07, 6.45) is 0.640. The number of carbonyl (C=O) groups excluding carboxylic acids is 1.